The first kappa shape index (κ1) is 52.4. The summed E-state index contributed by atoms with van der Waals surface area (Å²) in [5.41, 5.74) is 0. The molecule has 0 N–H and O–H groups in total. The topological polar surface area (TPSA) is 54.5 Å². The van der Waals surface area contributed by atoms with Crippen molar-refractivity contribution in [1.29, 1.82) is 0 Å². The van der Waals surface area contributed by atoms with Crippen LogP contribution >= 0.6 is 0 Å². The fraction of sp³-hybridized carbons (Fsp3) is 0.977. The predicted octanol–water partition coefficient (Wildman–Crippen LogP) is 11.7. The lowest BCUT2D eigenvalue weighted by Gasteiger charge is -2.23. The molecule has 7 heteroatoms. The van der Waals surface area contributed by atoms with Gasteiger partial charge in [-0.2, -0.15) is 5.06 Å². The molecule has 0 aromatic heterocycles. The molecule has 1 rings (SSSR count). The number of nitrogens with zero attached hydrogens (tertiary/aromatic N) is 3. The van der Waals surface area contributed by atoms with E-state index in [1.165, 1.54) is 128 Å². The van der Waals surface area contributed by atoms with E-state index in [4.69, 9.17) is 14.3 Å². The average Bonchev–Trinajstić information content (AvgIpc) is 3.49. The van der Waals surface area contributed by atoms with E-state index in [1.807, 2.05) is 32.8 Å². The van der Waals surface area contributed by atoms with Gasteiger partial charge in [0.05, 0.1) is 19.6 Å². The molecule has 1 aliphatic rings. The maximum absolute atomic E-state index is 12.4. The smallest absolute Gasteiger partial charge is 0.307 e. The normalized spacial score (nSPS) is 16.1. The molecule has 0 radical (unpaired) electrons. The maximum Gasteiger partial charge on any atom is 0.307 e. The van der Waals surface area contributed by atoms with E-state index in [-0.39, 0.29) is 19.5 Å². The molecule has 1 saturated heterocycles. The largest absolute Gasteiger partial charge is 0.461 e. The third-order valence-corrected chi connectivity index (χ3v) is 10.2. The zero-order chi connectivity index (χ0) is 37.1. The highest BCUT2D eigenvalue weighted by atomic mass is 16.7. The van der Waals surface area contributed by atoms with Gasteiger partial charge >= 0.3 is 5.97 Å². The molecule has 308 valence electrons. The molecule has 0 amide bonds. The van der Waals surface area contributed by atoms with E-state index >= 15 is 0 Å². The number of carbonyl (C=O) groups excluding carboxylic acids is 1. The highest BCUT2D eigenvalue weighted by Crippen LogP contribution is 2.24. The molecule has 0 aliphatic carbocycles. The Bertz CT molecular complexity index is 700. The quantitative estimate of drug-likeness (QED) is 0.0366. The van der Waals surface area contributed by atoms with Gasteiger partial charge in [0.2, 0.25) is 0 Å². The molecule has 0 aromatic rings. The average molecular weight is 728 g/mol. The number of rotatable bonds is 35. The van der Waals surface area contributed by atoms with Gasteiger partial charge in [-0.25, -0.2) is 0 Å². The van der Waals surface area contributed by atoms with E-state index in [1.54, 1.807) is 0 Å². The maximum atomic E-state index is 12.4. The van der Waals surface area contributed by atoms with Crippen LogP contribution in [0.5, 0.6) is 0 Å². The number of hydrogen-bond donors (Lipinski definition) is 0. The standard InChI is InChI=1S/C41H83N3O4.C2H6.CH4/c1-7-10-13-14-18-23-33-46-37-39-35-40(48-41(45)29-32-42(4)5)36-44(39)31-22-17-15-16-19-24-34-47-43(6)30-25-28-38(26-20-11-8-2)27-21-12-9-3;1-2;/h38-40H,7-37H2,1-6H3;1-2H3;1H4/t39-,40-;;/m0../s1. The van der Waals surface area contributed by atoms with Gasteiger partial charge in [-0.05, 0) is 58.7 Å². The number of esters is 1. The second-order valence-electron chi connectivity index (χ2n) is 15.2. The molecule has 7 nitrogen and oxygen atoms in total. The Balaban J connectivity index is 0. The van der Waals surface area contributed by atoms with Crippen LogP contribution in [0.1, 0.15) is 196 Å². The summed E-state index contributed by atoms with van der Waals surface area (Å²) in [6, 6.07) is 0.360. The Labute approximate surface area is 320 Å². The first-order valence-corrected chi connectivity index (χ1v) is 21.9. The van der Waals surface area contributed by atoms with Crippen LogP contribution in [0.4, 0.5) is 0 Å². The summed E-state index contributed by atoms with van der Waals surface area (Å²) in [4.78, 5) is 23.0. The zero-order valence-corrected chi connectivity index (χ0v) is 35.1. The number of ether oxygens (including phenoxy) is 2. The van der Waals surface area contributed by atoms with Crippen LogP contribution in [0, 0.1) is 5.92 Å². The lowest BCUT2D eigenvalue weighted by atomic mass is 9.91. The van der Waals surface area contributed by atoms with Crippen LogP contribution in [-0.2, 0) is 19.1 Å². The van der Waals surface area contributed by atoms with Crippen molar-refractivity contribution in [2.24, 2.45) is 5.92 Å². The van der Waals surface area contributed by atoms with Crippen molar-refractivity contribution in [3.63, 3.8) is 0 Å². The lowest BCUT2D eigenvalue weighted by molar-refractivity contribution is -0.148. The SMILES string of the molecule is C.CC.CCCCCCCCOC[C@@H]1C[C@H](OC(=O)CCN(C)C)CN1CCCCCCCCON(C)CCCC(CCCCC)CCCCC. The van der Waals surface area contributed by atoms with E-state index in [9.17, 15) is 4.79 Å². The number of carbonyl (C=O) groups is 1. The van der Waals surface area contributed by atoms with Gasteiger partial charge in [-0.15, -0.1) is 0 Å². The third-order valence-electron chi connectivity index (χ3n) is 10.2. The van der Waals surface area contributed by atoms with Crippen molar-refractivity contribution in [2.75, 3.05) is 67.1 Å². The van der Waals surface area contributed by atoms with E-state index in [0.29, 0.717) is 12.5 Å². The van der Waals surface area contributed by atoms with Crippen molar-refractivity contribution >= 4 is 5.97 Å². The first-order chi connectivity index (χ1) is 24.4. The highest BCUT2D eigenvalue weighted by Gasteiger charge is 2.34. The minimum atomic E-state index is -0.0679. The van der Waals surface area contributed by atoms with Crippen LogP contribution < -0.4 is 0 Å². The molecule has 0 saturated carbocycles. The predicted molar refractivity (Wildman–Crippen MR) is 223 cm³/mol. The Morgan fingerprint density at radius 1 is 0.686 bits per heavy atom. The minimum absolute atomic E-state index is 0. The van der Waals surface area contributed by atoms with Crippen LogP contribution in [-0.4, -0.2) is 100 Å². The second-order valence-corrected chi connectivity index (χ2v) is 15.2. The summed E-state index contributed by atoms with van der Waals surface area (Å²) in [6.07, 6.45) is 30.2. The second kappa shape index (κ2) is 39.0. The Morgan fingerprint density at radius 2 is 1.22 bits per heavy atom. The number of hydroxylamine groups is 2. The van der Waals surface area contributed by atoms with Crippen molar-refractivity contribution in [2.45, 2.75) is 208 Å². The summed E-state index contributed by atoms with van der Waals surface area (Å²) in [5.74, 6) is 0.842. The summed E-state index contributed by atoms with van der Waals surface area (Å²) < 4.78 is 12.0. The number of hydrogen-bond acceptors (Lipinski definition) is 7. The van der Waals surface area contributed by atoms with Gasteiger partial charge < -0.3 is 14.4 Å². The van der Waals surface area contributed by atoms with Gasteiger partial charge in [-0.3, -0.25) is 14.5 Å². The first-order valence-electron chi connectivity index (χ1n) is 21.9. The molecule has 0 spiro atoms. The Kier molecular flexibility index (Phi) is 40.0. The van der Waals surface area contributed by atoms with Crippen LogP contribution in [0.25, 0.3) is 0 Å². The molecular formula is C44H93N3O4. The van der Waals surface area contributed by atoms with Crippen molar-refractivity contribution in [1.82, 2.24) is 14.9 Å². The van der Waals surface area contributed by atoms with E-state index in [0.717, 1.165) is 71.2 Å². The van der Waals surface area contributed by atoms with Crippen LogP contribution in [0.2, 0.25) is 0 Å². The van der Waals surface area contributed by atoms with E-state index < -0.39 is 0 Å². The molecule has 0 aromatic carbocycles. The third kappa shape index (κ3) is 32.4. The van der Waals surface area contributed by atoms with Crippen molar-refractivity contribution in [3.05, 3.63) is 0 Å². The number of likely N-dealkylation sites (tertiary alicyclic amines) is 1. The highest BCUT2D eigenvalue weighted by molar-refractivity contribution is 5.69. The van der Waals surface area contributed by atoms with Gasteiger partial charge in [-0.1, -0.05) is 151 Å². The van der Waals surface area contributed by atoms with Gasteiger partial charge in [0.25, 0.3) is 0 Å². The Morgan fingerprint density at radius 3 is 1.82 bits per heavy atom. The molecule has 1 aliphatic heterocycles. The minimum Gasteiger partial charge on any atom is -0.461 e. The fourth-order valence-electron chi connectivity index (χ4n) is 7.04. The molecule has 1 heterocycles. The van der Waals surface area contributed by atoms with Crippen LogP contribution in [0.3, 0.4) is 0 Å². The van der Waals surface area contributed by atoms with Crippen molar-refractivity contribution < 1.29 is 19.1 Å². The molecule has 0 unspecified atom stereocenters. The summed E-state index contributed by atoms with van der Waals surface area (Å²) in [7, 11) is 6.11. The fourth-order valence-corrected chi connectivity index (χ4v) is 7.04. The van der Waals surface area contributed by atoms with E-state index in [2.05, 4.69) is 37.8 Å². The van der Waals surface area contributed by atoms with Gasteiger partial charge in [0, 0.05) is 45.8 Å². The van der Waals surface area contributed by atoms with Crippen molar-refractivity contribution in [3.8, 4) is 0 Å². The van der Waals surface area contributed by atoms with Gasteiger partial charge in [0.1, 0.15) is 6.10 Å². The van der Waals surface area contributed by atoms with Gasteiger partial charge in [0.15, 0.2) is 0 Å². The molecule has 1 fully saturated rings. The summed E-state index contributed by atoms with van der Waals surface area (Å²) >= 11 is 0. The Hall–Kier alpha value is -0.730. The monoisotopic (exact) mass is 728 g/mol. The zero-order valence-electron chi connectivity index (χ0n) is 35.1. The molecular weight excluding hydrogens is 635 g/mol. The molecule has 0 bridgehead atoms. The molecule has 51 heavy (non-hydrogen) atoms. The summed E-state index contributed by atoms with van der Waals surface area (Å²) in [6.45, 7) is 17.0. The van der Waals surface area contributed by atoms with Crippen LogP contribution in [0.15, 0.2) is 0 Å². The molecule has 2 atom stereocenters. The summed E-state index contributed by atoms with van der Waals surface area (Å²) in [5, 5.41) is 2.09. The number of unbranched alkanes of at least 4 members (excludes halogenated alkanes) is 14. The lowest BCUT2D eigenvalue weighted by Crippen LogP contribution is -2.34.